The van der Waals surface area contributed by atoms with Gasteiger partial charge in [0.15, 0.2) is 5.76 Å². The van der Waals surface area contributed by atoms with Crippen molar-refractivity contribution >= 4 is 35.1 Å². The smallest absolute Gasteiger partial charge is 0.416 e. The summed E-state index contributed by atoms with van der Waals surface area (Å²) in [5, 5.41) is 0.745. The van der Waals surface area contributed by atoms with Gasteiger partial charge in [-0.15, -0.1) is 0 Å². The lowest BCUT2D eigenvalue weighted by molar-refractivity contribution is -0.137. The molecule has 162 valence electrons. The fourth-order valence-electron chi connectivity index (χ4n) is 3.00. The zero-order chi connectivity index (χ0) is 22.9. The standard InChI is InChI=1S/C24H13Cl2F3O3/c25-18-6-2-5-17(23(18)26)21-10-8-16(31-21)7-9-19(30)22-12-11-20(32-22)14-3-1-4-15(13-14)24(27,28)29/h1-13H. The molecule has 2 aromatic heterocycles. The van der Waals surface area contributed by atoms with E-state index in [1.807, 2.05) is 0 Å². The fraction of sp³-hybridized carbons (Fsp3) is 0.0417. The fourth-order valence-corrected chi connectivity index (χ4v) is 3.39. The van der Waals surface area contributed by atoms with Crippen LogP contribution in [0.5, 0.6) is 0 Å². The summed E-state index contributed by atoms with van der Waals surface area (Å²) in [5.74, 6) is 0.549. The molecule has 4 rings (SSSR count). The highest BCUT2D eigenvalue weighted by atomic mass is 35.5. The van der Waals surface area contributed by atoms with Crippen molar-refractivity contribution in [3.63, 3.8) is 0 Å². The summed E-state index contributed by atoms with van der Waals surface area (Å²) in [5.41, 5.74) is 0.0337. The molecular formula is C24H13Cl2F3O3. The molecule has 0 radical (unpaired) electrons. The average Bonchev–Trinajstić information content (AvgIpc) is 3.44. The third kappa shape index (κ3) is 4.66. The quantitative estimate of drug-likeness (QED) is 0.214. The summed E-state index contributed by atoms with van der Waals surface area (Å²) in [6.07, 6.45) is -1.77. The van der Waals surface area contributed by atoms with Crippen molar-refractivity contribution in [3.05, 3.63) is 99.9 Å². The number of ketones is 1. The molecule has 0 aliphatic carbocycles. The van der Waals surface area contributed by atoms with E-state index in [9.17, 15) is 18.0 Å². The number of furan rings is 2. The van der Waals surface area contributed by atoms with Crippen molar-refractivity contribution in [1.82, 2.24) is 0 Å². The Morgan fingerprint density at radius 1 is 0.875 bits per heavy atom. The molecule has 0 spiro atoms. The molecule has 4 aromatic rings. The molecule has 32 heavy (non-hydrogen) atoms. The van der Waals surface area contributed by atoms with Crippen LogP contribution in [0.1, 0.15) is 21.9 Å². The Labute approximate surface area is 190 Å². The van der Waals surface area contributed by atoms with E-state index in [1.165, 1.54) is 36.4 Å². The predicted octanol–water partition coefficient (Wildman–Crippen LogP) is 8.43. The summed E-state index contributed by atoms with van der Waals surface area (Å²) in [6.45, 7) is 0. The lowest BCUT2D eigenvalue weighted by Crippen LogP contribution is -2.04. The monoisotopic (exact) mass is 476 g/mol. The van der Waals surface area contributed by atoms with Gasteiger partial charge in [0.25, 0.3) is 0 Å². The maximum absolute atomic E-state index is 12.9. The first-order chi connectivity index (χ1) is 15.2. The molecule has 0 bridgehead atoms. The largest absolute Gasteiger partial charge is 0.457 e. The number of alkyl halides is 3. The van der Waals surface area contributed by atoms with Crippen LogP contribution in [-0.2, 0) is 6.18 Å². The number of allylic oxidation sites excluding steroid dienone is 1. The molecule has 8 heteroatoms. The Bertz CT molecular complexity index is 1320. The molecule has 0 aliphatic heterocycles. The SMILES string of the molecule is O=C(C=Cc1ccc(-c2cccc(Cl)c2Cl)o1)c1ccc(-c2cccc(C(F)(F)F)c2)o1. The highest BCUT2D eigenvalue weighted by Gasteiger charge is 2.30. The molecule has 2 aromatic carbocycles. The Balaban J connectivity index is 1.51. The van der Waals surface area contributed by atoms with E-state index in [0.717, 1.165) is 12.1 Å². The van der Waals surface area contributed by atoms with Gasteiger partial charge in [-0.05, 0) is 60.7 Å². The molecule has 0 N–H and O–H groups in total. The minimum Gasteiger partial charge on any atom is -0.457 e. The zero-order valence-corrected chi connectivity index (χ0v) is 17.6. The highest BCUT2D eigenvalue weighted by Crippen LogP contribution is 2.35. The third-order valence-electron chi connectivity index (χ3n) is 4.57. The van der Waals surface area contributed by atoms with E-state index >= 15 is 0 Å². The van der Waals surface area contributed by atoms with Gasteiger partial charge in [0, 0.05) is 11.1 Å². The summed E-state index contributed by atoms with van der Waals surface area (Å²) in [6, 6.07) is 16.0. The van der Waals surface area contributed by atoms with Crippen molar-refractivity contribution in [2.45, 2.75) is 6.18 Å². The summed E-state index contributed by atoms with van der Waals surface area (Å²) in [7, 11) is 0. The van der Waals surface area contributed by atoms with E-state index in [0.29, 0.717) is 27.1 Å². The number of carbonyl (C=O) groups excluding carboxylic acids is 1. The van der Waals surface area contributed by atoms with E-state index in [2.05, 4.69) is 0 Å². The first-order valence-electron chi connectivity index (χ1n) is 9.26. The second-order valence-corrected chi connectivity index (χ2v) is 7.53. The van der Waals surface area contributed by atoms with Crippen LogP contribution in [0.3, 0.4) is 0 Å². The van der Waals surface area contributed by atoms with Crippen molar-refractivity contribution in [2.24, 2.45) is 0 Å². The van der Waals surface area contributed by atoms with Gasteiger partial charge >= 0.3 is 6.18 Å². The van der Waals surface area contributed by atoms with E-state index in [4.69, 9.17) is 32.0 Å². The number of rotatable bonds is 5. The lowest BCUT2D eigenvalue weighted by Gasteiger charge is -2.07. The van der Waals surface area contributed by atoms with Gasteiger partial charge in [0.05, 0.1) is 15.6 Å². The zero-order valence-electron chi connectivity index (χ0n) is 16.1. The molecule has 0 saturated heterocycles. The molecule has 0 amide bonds. The van der Waals surface area contributed by atoms with Crippen molar-refractivity contribution in [1.29, 1.82) is 0 Å². The first kappa shape index (κ1) is 22.0. The molecule has 0 atom stereocenters. The van der Waals surface area contributed by atoms with Gasteiger partial charge in [-0.2, -0.15) is 13.2 Å². The Morgan fingerprint density at radius 2 is 1.62 bits per heavy atom. The van der Waals surface area contributed by atoms with Gasteiger partial charge in [-0.1, -0.05) is 41.4 Å². The van der Waals surface area contributed by atoms with Crippen molar-refractivity contribution < 1.29 is 26.8 Å². The topological polar surface area (TPSA) is 43.4 Å². The van der Waals surface area contributed by atoms with E-state index in [-0.39, 0.29) is 17.1 Å². The normalized spacial score (nSPS) is 11.9. The molecule has 0 saturated carbocycles. The van der Waals surface area contributed by atoms with E-state index < -0.39 is 17.5 Å². The van der Waals surface area contributed by atoms with Crippen LogP contribution < -0.4 is 0 Å². The number of hydrogen-bond acceptors (Lipinski definition) is 3. The molecule has 0 fully saturated rings. The van der Waals surface area contributed by atoms with Gasteiger partial charge in [0.1, 0.15) is 17.3 Å². The van der Waals surface area contributed by atoms with Crippen LogP contribution in [0.15, 0.2) is 81.6 Å². The van der Waals surface area contributed by atoms with Crippen LogP contribution in [-0.4, -0.2) is 5.78 Å². The van der Waals surface area contributed by atoms with Crippen LogP contribution in [0.4, 0.5) is 13.2 Å². The molecule has 0 unspecified atom stereocenters. The first-order valence-corrected chi connectivity index (χ1v) is 10.0. The molecule has 0 aliphatic rings. The van der Waals surface area contributed by atoms with Crippen molar-refractivity contribution in [3.8, 4) is 22.6 Å². The van der Waals surface area contributed by atoms with Crippen LogP contribution in [0, 0.1) is 0 Å². The number of benzene rings is 2. The Hall–Kier alpha value is -3.22. The average molecular weight is 477 g/mol. The summed E-state index contributed by atoms with van der Waals surface area (Å²) in [4.78, 5) is 12.4. The molecular weight excluding hydrogens is 464 g/mol. The Kier molecular flexibility index (Phi) is 6.00. The van der Waals surface area contributed by atoms with Crippen LogP contribution in [0.25, 0.3) is 28.7 Å². The molecule has 2 heterocycles. The summed E-state index contributed by atoms with van der Waals surface area (Å²) >= 11 is 12.2. The van der Waals surface area contributed by atoms with Gasteiger partial charge in [0.2, 0.25) is 5.78 Å². The minimum absolute atomic E-state index is 0.0154. The van der Waals surface area contributed by atoms with Gasteiger partial charge < -0.3 is 8.83 Å². The van der Waals surface area contributed by atoms with Gasteiger partial charge in [-0.3, -0.25) is 4.79 Å². The maximum atomic E-state index is 12.9. The number of carbonyl (C=O) groups is 1. The van der Waals surface area contributed by atoms with Crippen molar-refractivity contribution in [2.75, 3.05) is 0 Å². The summed E-state index contributed by atoms with van der Waals surface area (Å²) < 4.78 is 49.9. The second-order valence-electron chi connectivity index (χ2n) is 6.74. The van der Waals surface area contributed by atoms with Gasteiger partial charge in [-0.25, -0.2) is 0 Å². The highest BCUT2D eigenvalue weighted by molar-refractivity contribution is 6.43. The lowest BCUT2D eigenvalue weighted by atomic mass is 10.1. The minimum atomic E-state index is -4.47. The second kappa shape index (κ2) is 8.73. The third-order valence-corrected chi connectivity index (χ3v) is 5.38. The number of halogens is 5. The Morgan fingerprint density at radius 3 is 2.41 bits per heavy atom. The van der Waals surface area contributed by atoms with Crippen LogP contribution >= 0.6 is 23.2 Å². The molecule has 3 nitrogen and oxygen atoms in total. The maximum Gasteiger partial charge on any atom is 0.416 e. The predicted molar refractivity (Wildman–Crippen MR) is 117 cm³/mol. The van der Waals surface area contributed by atoms with Crippen LogP contribution in [0.2, 0.25) is 10.0 Å². The van der Waals surface area contributed by atoms with E-state index in [1.54, 1.807) is 30.3 Å². The number of hydrogen-bond donors (Lipinski definition) is 0.